The van der Waals surface area contributed by atoms with E-state index in [2.05, 4.69) is 12.2 Å². The first-order valence-corrected chi connectivity index (χ1v) is 4.12. The quantitative estimate of drug-likeness (QED) is 0.534. The maximum atomic E-state index is 7.70. The van der Waals surface area contributed by atoms with E-state index >= 15 is 0 Å². The number of rotatable bonds is 1. The topological polar surface area (TPSA) is 34.9 Å². The highest BCUT2D eigenvalue weighted by Gasteiger charge is 2.28. The molecule has 2 heteroatoms. The van der Waals surface area contributed by atoms with E-state index < -0.39 is 0 Å². The molecule has 60 valence electrons. The van der Waals surface area contributed by atoms with Crippen molar-refractivity contribution < 1.29 is 5.11 Å². The molecule has 1 aliphatic carbocycles. The van der Waals surface area contributed by atoms with Crippen LogP contribution in [0.25, 0.3) is 0 Å². The molecule has 0 saturated heterocycles. The van der Waals surface area contributed by atoms with Crippen LogP contribution in [0.2, 0.25) is 0 Å². The van der Waals surface area contributed by atoms with Gasteiger partial charge in [-0.05, 0) is 25.8 Å². The van der Waals surface area contributed by atoms with E-state index in [1.807, 2.05) is 7.05 Å². The smallest absolute Gasteiger partial charge is 0.169 e. The number of hydrogen-bond acceptors (Lipinski definition) is 1. The van der Waals surface area contributed by atoms with Gasteiger partial charge in [-0.3, -0.25) is 0 Å². The van der Waals surface area contributed by atoms with E-state index in [0.717, 1.165) is 12.3 Å². The van der Waals surface area contributed by atoms with Gasteiger partial charge in [0.1, 0.15) is 0 Å². The Morgan fingerprint density at radius 2 is 2.10 bits per heavy atom. The summed E-state index contributed by atoms with van der Waals surface area (Å²) < 4.78 is 0. The van der Waals surface area contributed by atoms with E-state index in [-0.39, 0.29) is 6.10 Å². The molecule has 0 bridgehead atoms. The highest BCUT2D eigenvalue weighted by molar-refractivity contribution is 4.81. The first-order chi connectivity index (χ1) is 4.74. The lowest BCUT2D eigenvalue weighted by molar-refractivity contribution is 0.0731. The second-order valence-corrected chi connectivity index (χ2v) is 3.42. The van der Waals surface area contributed by atoms with E-state index in [0.29, 0.717) is 6.04 Å². The zero-order valence-corrected chi connectivity index (χ0v) is 6.85. The molecule has 1 saturated carbocycles. The summed E-state index contributed by atoms with van der Waals surface area (Å²) in [6.07, 6.45) is 3.69. The molecule has 1 aliphatic rings. The van der Waals surface area contributed by atoms with Crippen molar-refractivity contribution in [3.8, 4) is 0 Å². The van der Waals surface area contributed by atoms with Crippen molar-refractivity contribution in [2.75, 3.05) is 7.05 Å². The molecular weight excluding hydrogens is 126 g/mol. The summed E-state index contributed by atoms with van der Waals surface area (Å²) in [5, 5.41) is 10.9. The Kier molecular flexibility index (Phi) is 2.69. The van der Waals surface area contributed by atoms with E-state index in [4.69, 9.17) is 5.11 Å². The van der Waals surface area contributed by atoms with Crippen LogP contribution in [0.4, 0.5) is 0 Å². The third-order valence-electron chi connectivity index (χ3n) is 2.48. The molecule has 0 spiro atoms. The Bertz CT molecular complexity index is 105. The molecule has 3 N–H and O–H groups in total. The molecular formula is C8H18NO+. The molecule has 3 atom stereocenters. The molecule has 0 amide bonds. The first-order valence-electron chi connectivity index (χ1n) is 4.12. The van der Waals surface area contributed by atoms with Crippen molar-refractivity contribution in [3.05, 3.63) is 0 Å². The minimum absolute atomic E-state index is 0.133. The van der Waals surface area contributed by atoms with Crippen LogP contribution in [-0.2, 0) is 0 Å². The van der Waals surface area contributed by atoms with Crippen LogP contribution in [0.1, 0.15) is 26.2 Å². The monoisotopic (exact) mass is 144 g/mol. The van der Waals surface area contributed by atoms with Crippen molar-refractivity contribution >= 4 is 0 Å². The molecule has 3 unspecified atom stereocenters. The Labute approximate surface area is 62.6 Å². The fourth-order valence-electron chi connectivity index (χ4n) is 1.73. The average Bonchev–Trinajstić information content (AvgIpc) is 1.88. The SMILES string of the molecule is CNC1CCC(C)CC1[OH2+]. The Morgan fingerprint density at radius 3 is 2.60 bits per heavy atom. The molecule has 0 heterocycles. The molecule has 2 nitrogen and oxygen atoms in total. The van der Waals surface area contributed by atoms with Gasteiger partial charge in [0, 0.05) is 6.42 Å². The number of nitrogens with one attached hydrogen (secondary N) is 1. The van der Waals surface area contributed by atoms with E-state index in [1.165, 1.54) is 12.8 Å². The second kappa shape index (κ2) is 3.35. The van der Waals surface area contributed by atoms with Gasteiger partial charge in [0.05, 0.1) is 6.04 Å². The molecule has 1 fully saturated rings. The maximum absolute atomic E-state index is 7.70. The van der Waals surface area contributed by atoms with Crippen molar-refractivity contribution in [3.63, 3.8) is 0 Å². The van der Waals surface area contributed by atoms with Gasteiger partial charge in [0.15, 0.2) is 6.10 Å². The summed E-state index contributed by atoms with van der Waals surface area (Å²) in [6.45, 7) is 2.24. The molecule has 0 aromatic heterocycles. The summed E-state index contributed by atoms with van der Waals surface area (Å²) in [7, 11) is 1.96. The van der Waals surface area contributed by atoms with Crippen molar-refractivity contribution in [2.45, 2.75) is 38.3 Å². The molecule has 0 aliphatic heterocycles. The first kappa shape index (κ1) is 8.02. The van der Waals surface area contributed by atoms with Crippen LogP contribution < -0.4 is 5.32 Å². The van der Waals surface area contributed by atoms with Gasteiger partial charge in [0.25, 0.3) is 0 Å². The number of hydrogen-bond donors (Lipinski definition) is 1. The van der Waals surface area contributed by atoms with Crippen molar-refractivity contribution in [1.29, 1.82) is 0 Å². The number of likely N-dealkylation sites (N-methyl/N-ethyl adjacent to an activating group) is 1. The van der Waals surface area contributed by atoms with Crippen LogP contribution in [0, 0.1) is 5.92 Å². The third kappa shape index (κ3) is 1.70. The molecule has 0 radical (unpaired) electrons. The Balaban J connectivity index is 2.36. The van der Waals surface area contributed by atoms with Gasteiger partial charge >= 0.3 is 0 Å². The minimum atomic E-state index is 0.133. The highest BCUT2D eigenvalue weighted by Crippen LogP contribution is 2.23. The molecule has 1 rings (SSSR count). The van der Waals surface area contributed by atoms with Gasteiger partial charge < -0.3 is 10.4 Å². The van der Waals surface area contributed by atoms with Gasteiger partial charge in [0.2, 0.25) is 0 Å². The van der Waals surface area contributed by atoms with E-state index in [9.17, 15) is 0 Å². The van der Waals surface area contributed by atoms with Crippen LogP contribution in [0.5, 0.6) is 0 Å². The molecule has 0 aromatic carbocycles. The largest absolute Gasteiger partial charge is 0.442 e. The normalized spacial score (nSPS) is 41.7. The fourth-order valence-corrected chi connectivity index (χ4v) is 1.73. The lowest BCUT2D eigenvalue weighted by Gasteiger charge is -2.27. The fraction of sp³-hybridized carbons (Fsp3) is 1.00. The zero-order valence-electron chi connectivity index (χ0n) is 6.85. The summed E-state index contributed by atoms with van der Waals surface area (Å²) >= 11 is 0. The predicted octanol–water partition coefficient (Wildman–Crippen LogP) is 0.488. The van der Waals surface area contributed by atoms with Crippen LogP contribution in [0.15, 0.2) is 0 Å². The third-order valence-corrected chi connectivity index (χ3v) is 2.48. The van der Waals surface area contributed by atoms with Gasteiger partial charge in [-0.2, -0.15) is 0 Å². The summed E-state index contributed by atoms with van der Waals surface area (Å²) in [5.74, 6) is 0.770. The Morgan fingerprint density at radius 1 is 1.40 bits per heavy atom. The molecule has 0 aromatic rings. The maximum Gasteiger partial charge on any atom is 0.169 e. The van der Waals surface area contributed by atoms with Crippen molar-refractivity contribution in [1.82, 2.24) is 5.32 Å². The standard InChI is InChI=1S/C8H17NO/c1-6-3-4-7(9-2)8(10)5-6/h6-10H,3-5H2,1-2H3/p+1. The minimum Gasteiger partial charge on any atom is -0.442 e. The molecule has 10 heavy (non-hydrogen) atoms. The summed E-state index contributed by atoms with van der Waals surface area (Å²) in [6, 6.07) is 0.455. The van der Waals surface area contributed by atoms with Gasteiger partial charge in [-0.25, -0.2) is 0 Å². The van der Waals surface area contributed by atoms with Gasteiger partial charge in [-0.15, -0.1) is 0 Å². The Hall–Kier alpha value is -0.0800. The lowest BCUT2D eigenvalue weighted by atomic mass is 9.85. The van der Waals surface area contributed by atoms with Crippen LogP contribution in [0.3, 0.4) is 0 Å². The highest BCUT2D eigenvalue weighted by atomic mass is 16.3. The van der Waals surface area contributed by atoms with Gasteiger partial charge in [-0.1, -0.05) is 6.92 Å². The second-order valence-electron chi connectivity index (χ2n) is 3.42. The van der Waals surface area contributed by atoms with Crippen LogP contribution in [-0.4, -0.2) is 24.3 Å². The lowest BCUT2D eigenvalue weighted by Crippen LogP contribution is -2.41. The summed E-state index contributed by atoms with van der Waals surface area (Å²) in [4.78, 5) is 0. The average molecular weight is 144 g/mol. The summed E-state index contributed by atoms with van der Waals surface area (Å²) in [5.41, 5.74) is 0. The predicted molar refractivity (Wildman–Crippen MR) is 43.3 cm³/mol. The van der Waals surface area contributed by atoms with Crippen LogP contribution >= 0.6 is 0 Å². The van der Waals surface area contributed by atoms with Crippen molar-refractivity contribution in [2.24, 2.45) is 5.92 Å². The zero-order chi connectivity index (χ0) is 7.56. The van der Waals surface area contributed by atoms with E-state index in [1.54, 1.807) is 0 Å².